The third-order valence-electron chi connectivity index (χ3n) is 6.34. The lowest BCUT2D eigenvalue weighted by Crippen LogP contribution is -2.40. The van der Waals surface area contributed by atoms with Crippen LogP contribution in [0.1, 0.15) is 16.8 Å². The molecular formula is C22H18Br2N2O4. The van der Waals surface area contributed by atoms with Crippen LogP contribution in [0.4, 0.5) is 11.4 Å². The van der Waals surface area contributed by atoms with Gasteiger partial charge in [0.05, 0.1) is 16.7 Å². The van der Waals surface area contributed by atoms with Gasteiger partial charge >= 0.3 is 5.97 Å². The first-order chi connectivity index (χ1) is 14.4. The van der Waals surface area contributed by atoms with Crippen LogP contribution >= 0.6 is 31.9 Å². The summed E-state index contributed by atoms with van der Waals surface area (Å²) in [5.41, 5.74) is 1.78. The van der Waals surface area contributed by atoms with Crippen LogP contribution in [0, 0.1) is 23.7 Å². The van der Waals surface area contributed by atoms with Gasteiger partial charge in [0.15, 0.2) is 0 Å². The van der Waals surface area contributed by atoms with Gasteiger partial charge in [-0.15, -0.1) is 0 Å². The van der Waals surface area contributed by atoms with E-state index in [4.69, 9.17) is 4.74 Å². The minimum absolute atomic E-state index is 0.0330. The van der Waals surface area contributed by atoms with Crippen LogP contribution in [0.5, 0.6) is 0 Å². The number of esters is 1. The summed E-state index contributed by atoms with van der Waals surface area (Å²) in [7, 11) is 0. The van der Waals surface area contributed by atoms with Crippen LogP contribution in [0.25, 0.3) is 0 Å². The molecule has 30 heavy (non-hydrogen) atoms. The molecule has 0 spiro atoms. The van der Waals surface area contributed by atoms with Crippen LogP contribution < -0.4 is 10.6 Å². The van der Waals surface area contributed by atoms with Gasteiger partial charge in [0.2, 0.25) is 5.91 Å². The summed E-state index contributed by atoms with van der Waals surface area (Å²) in [6.07, 6.45) is 0.740. The number of anilines is 2. The number of benzene rings is 2. The molecule has 8 heteroatoms. The van der Waals surface area contributed by atoms with E-state index in [9.17, 15) is 14.4 Å². The number of nitrogens with one attached hydrogen (secondary N) is 2. The predicted octanol–water partition coefficient (Wildman–Crippen LogP) is 4.21. The number of rotatable bonds is 4. The molecule has 2 aromatic carbocycles. The standard InChI is InChI=1S/C22H18Br2N2O4/c23-11-3-7-13(8-4-11)25-20(27)10-1-5-12(6-2-10)26-21(28)16-14-9-15-17(16)22(29)30-19(15)18(14)24/h1-8,14-19H,9H2,(H,25,27)(H,26,28)/t14-,15-,16-,17-,18-,19+/m1/s1. The molecule has 2 N–H and O–H groups in total. The third kappa shape index (κ3) is 3.26. The largest absolute Gasteiger partial charge is 0.461 e. The van der Waals surface area contributed by atoms with Crippen LogP contribution in [-0.2, 0) is 14.3 Å². The van der Waals surface area contributed by atoms with Crippen molar-refractivity contribution in [1.82, 2.24) is 0 Å². The van der Waals surface area contributed by atoms with Gasteiger partial charge in [-0.1, -0.05) is 31.9 Å². The van der Waals surface area contributed by atoms with Crippen molar-refractivity contribution in [2.45, 2.75) is 17.4 Å². The van der Waals surface area contributed by atoms with Crippen molar-refractivity contribution < 1.29 is 19.1 Å². The monoisotopic (exact) mass is 532 g/mol. The highest BCUT2D eigenvalue weighted by atomic mass is 79.9. The van der Waals surface area contributed by atoms with E-state index in [1.165, 1.54) is 0 Å². The second-order valence-corrected chi connectivity index (χ2v) is 9.96. The predicted molar refractivity (Wildman–Crippen MR) is 118 cm³/mol. The molecular weight excluding hydrogens is 516 g/mol. The summed E-state index contributed by atoms with van der Waals surface area (Å²) in [4.78, 5) is 37.6. The molecule has 0 aromatic heterocycles. The van der Waals surface area contributed by atoms with Gasteiger partial charge in [-0.2, -0.15) is 0 Å². The molecule has 154 valence electrons. The fourth-order valence-electron chi connectivity index (χ4n) is 5.00. The molecule has 6 nitrogen and oxygen atoms in total. The van der Waals surface area contributed by atoms with Crippen molar-refractivity contribution in [3.63, 3.8) is 0 Å². The highest BCUT2D eigenvalue weighted by Gasteiger charge is 2.67. The summed E-state index contributed by atoms with van der Waals surface area (Å²) in [5, 5.41) is 5.74. The number of hydrogen-bond donors (Lipinski definition) is 2. The average molecular weight is 534 g/mol. The quantitative estimate of drug-likeness (QED) is 0.455. The number of carbonyl (C=O) groups is 3. The molecule has 1 heterocycles. The van der Waals surface area contributed by atoms with Gasteiger partial charge in [-0.3, -0.25) is 14.4 Å². The summed E-state index contributed by atoms with van der Waals surface area (Å²) >= 11 is 6.98. The molecule has 2 bridgehead atoms. The zero-order chi connectivity index (χ0) is 21.0. The second-order valence-electron chi connectivity index (χ2n) is 7.99. The van der Waals surface area contributed by atoms with Gasteiger partial charge in [0.25, 0.3) is 5.91 Å². The Morgan fingerprint density at radius 3 is 2.27 bits per heavy atom. The van der Waals surface area contributed by atoms with E-state index in [0.717, 1.165) is 10.9 Å². The normalized spacial score (nSPS) is 30.8. The van der Waals surface area contributed by atoms with Crippen molar-refractivity contribution >= 4 is 61.0 Å². The smallest absolute Gasteiger partial charge is 0.310 e. The molecule has 2 saturated carbocycles. The van der Waals surface area contributed by atoms with Crippen LogP contribution in [-0.4, -0.2) is 28.7 Å². The Bertz CT molecular complexity index is 1020. The van der Waals surface area contributed by atoms with E-state index in [0.29, 0.717) is 16.9 Å². The molecule has 5 rings (SSSR count). The van der Waals surface area contributed by atoms with E-state index in [2.05, 4.69) is 42.5 Å². The van der Waals surface area contributed by atoms with Crippen molar-refractivity contribution in [1.29, 1.82) is 0 Å². The molecule has 1 saturated heterocycles. The van der Waals surface area contributed by atoms with E-state index in [1.807, 2.05) is 24.3 Å². The van der Waals surface area contributed by atoms with Gasteiger partial charge in [-0.05, 0) is 60.9 Å². The number of halogens is 2. The zero-order valence-electron chi connectivity index (χ0n) is 15.7. The lowest BCUT2D eigenvalue weighted by molar-refractivity contribution is -0.145. The van der Waals surface area contributed by atoms with Crippen LogP contribution in [0.3, 0.4) is 0 Å². The SMILES string of the molecule is O=C(Nc1ccc(Br)cc1)c1ccc(NC(=O)[C@@H]2[C@H]3C[C@H]4[C@H](OC(=O)[C@H]42)[C@@H]3Br)cc1. The molecule has 3 fully saturated rings. The van der Waals surface area contributed by atoms with Gasteiger partial charge < -0.3 is 15.4 Å². The Hall–Kier alpha value is -2.19. The number of hydrogen-bond acceptors (Lipinski definition) is 4. The summed E-state index contributed by atoms with van der Waals surface area (Å²) in [6.45, 7) is 0. The Balaban J connectivity index is 1.25. The number of alkyl halides is 1. The second kappa shape index (κ2) is 7.50. The minimum Gasteiger partial charge on any atom is -0.461 e. The molecule has 1 aliphatic heterocycles. The highest BCUT2D eigenvalue weighted by molar-refractivity contribution is 9.10. The number of carbonyl (C=O) groups excluding carboxylic acids is 3. The maximum absolute atomic E-state index is 12.9. The Morgan fingerprint density at radius 2 is 1.57 bits per heavy atom. The van der Waals surface area contributed by atoms with E-state index >= 15 is 0 Å². The minimum atomic E-state index is -0.383. The molecule has 0 unspecified atom stereocenters. The summed E-state index contributed by atoms with van der Waals surface area (Å²) in [5.74, 6) is -1.14. The number of ether oxygens (including phenoxy) is 1. The first-order valence-electron chi connectivity index (χ1n) is 9.75. The lowest BCUT2D eigenvalue weighted by Gasteiger charge is -2.27. The van der Waals surface area contributed by atoms with Gasteiger partial charge in [-0.25, -0.2) is 0 Å². The van der Waals surface area contributed by atoms with E-state index in [-0.39, 0.29) is 52.4 Å². The maximum atomic E-state index is 12.9. The average Bonchev–Trinajstić information content (AvgIpc) is 3.34. The summed E-state index contributed by atoms with van der Waals surface area (Å²) in [6, 6.07) is 14.0. The van der Waals surface area contributed by atoms with E-state index in [1.54, 1.807) is 24.3 Å². The number of amides is 2. The Kier molecular flexibility index (Phi) is 4.94. The molecule has 6 atom stereocenters. The maximum Gasteiger partial charge on any atom is 0.310 e. The topological polar surface area (TPSA) is 84.5 Å². The lowest BCUT2D eigenvalue weighted by atomic mass is 9.79. The third-order valence-corrected chi connectivity index (χ3v) is 8.07. The molecule has 2 amide bonds. The fraction of sp³-hybridized carbons (Fsp3) is 0.318. The first kappa shape index (κ1) is 19.8. The molecule has 2 aromatic rings. The van der Waals surface area contributed by atoms with Crippen molar-refractivity contribution in [2.24, 2.45) is 23.7 Å². The van der Waals surface area contributed by atoms with Gasteiger partial charge in [0, 0.05) is 27.3 Å². The van der Waals surface area contributed by atoms with Crippen molar-refractivity contribution in [3.05, 3.63) is 58.6 Å². The van der Waals surface area contributed by atoms with Gasteiger partial charge in [0.1, 0.15) is 6.10 Å². The van der Waals surface area contributed by atoms with Crippen LogP contribution in [0.15, 0.2) is 53.0 Å². The zero-order valence-corrected chi connectivity index (χ0v) is 18.9. The molecule has 3 aliphatic rings. The summed E-state index contributed by atoms with van der Waals surface area (Å²) < 4.78 is 6.40. The highest BCUT2D eigenvalue weighted by Crippen LogP contribution is 2.60. The number of fused-ring (bicyclic) bond motifs is 1. The molecule has 2 aliphatic carbocycles. The first-order valence-corrected chi connectivity index (χ1v) is 11.5. The van der Waals surface area contributed by atoms with E-state index < -0.39 is 0 Å². The Labute approximate surface area is 190 Å². The van der Waals surface area contributed by atoms with Crippen molar-refractivity contribution in [2.75, 3.05) is 10.6 Å². The van der Waals surface area contributed by atoms with Crippen LogP contribution in [0.2, 0.25) is 0 Å². The molecule has 0 radical (unpaired) electrons. The fourth-order valence-corrected chi connectivity index (χ4v) is 6.31. The van der Waals surface area contributed by atoms with Crippen molar-refractivity contribution in [3.8, 4) is 0 Å². The Morgan fingerprint density at radius 1 is 0.933 bits per heavy atom.